The number of carbonyl (C=O) groups is 1. The average Bonchev–Trinajstić information content (AvgIpc) is 2.70. The Bertz CT molecular complexity index is 580. The fourth-order valence-electron chi connectivity index (χ4n) is 1.54. The molecule has 0 saturated carbocycles. The monoisotopic (exact) mass is 283 g/mol. The van der Waals surface area contributed by atoms with Crippen molar-refractivity contribution in [2.45, 2.75) is 13.5 Å². The van der Waals surface area contributed by atoms with Crippen LogP contribution in [0.5, 0.6) is 0 Å². The molecule has 0 aliphatic rings. The van der Waals surface area contributed by atoms with E-state index in [0.29, 0.717) is 22.4 Å². The first-order chi connectivity index (χ1) is 8.54. The standard InChI is InChI=1S/C12H11Cl2N3O/c1-8(18)15-12-4-5-17(16-12)7-9-6-10(13)2-3-11(9)14/h2-6H,7H2,1H3,(H,15,16,18). The summed E-state index contributed by atoms with van der Waals surface area (Å²) in [6, 6.07) is 7.00. The highest BCUT2D eigenvalue weighted by atomic mass is 35.5. The van der Waals surface area contributed by atoms with Crippen molar-refractivity contribution in [2.24, 2.45) is 0 Å². The molecular weight excluding hydrogens is 273 g/mol. The van der Waals surface area contributed by atoms with Crippen LogP contribution < -0.4 is 5.32 Å². The van der Waals surface area contributed by atoms with Crippen molar-refractivity contribution < 1.29 is 4.79 Å². The zero-order chi connectivity index (χ0) is 13.1. The smallest absolute Gasteiger partial charge is 0.222 e. The normalized spacial score (nSPS) is 10.4. The van der Waals surface area contributed by atoms with Crippen molar-refractivity contribution in [2.75, 3.05) is 5.32 Å². The minimum Gasteiger partial charge on any atom is -0.309 e. The maximum atomic E-state index is 10.9. The highest BCUT2D eigenvalue weighted by molar-refractivity contribution is 6.33. The first-order valence-corrected chi connectivity index (χ1v) is 6.05. The van der Waals surface area contributed by atoms with Crippen LogP contribution in [0, 0.1) is 0 Å². The van der Waals surface area contributed by atoms with Crippen LogP contribution in [-0.4, -0.2) is 15.7 Å². The number of nitrogens with zero attached hydrogens (tertiary/aromatic N) is 2. The first-order valence-electron chi connectivity index (χ1n) is 5.29. The van der Waals surface area contributed by atoms with Gasteiger partial charge in [0.25, 0.3) is 0 Å². The van der Waals surface area contributed by atoms with Gasteiger partial charge in [0, 0.05) is 29.2 Å². The van der Waals surface area contributed by atoms with E-state index >= 15 is 0 Å². The van der Waals surface area contributed by atoms with Gasteiger partial charge >= 0.3 is 0 Å². The molecular formula is C12H11Cl2N3O. The molecule has 0 saturated heterocycles. The Balaban J connectivity index is 2.16. The minimum absolute atomic E-state index is 0.152. The number of benzene rings is 1. The number of hydrogen-bond acceptors (Lipinski definition) is 2. The van der Waals surface area contributed by atoms with Crippen molar-refractivity contribution in [3.05, 3.63) is 46.1 Å². The van der Waals surface area contributed by atoms with E-state index in [0.717, 1.165) is 5.56 Å². The number of carbonyl (C=O) groups excluding carboxylic acids is 1. The lowest BCUT2D eigenvalue weighted by atomic mass is 10.2. The Labute approximate surface area is 115 Å². The van der Waals surface area contributed by atoms with E-state index < -0.39 is 0 Å². The summed E-state index contributed by atoms with van der Waals surface area (Å²) in [6.45, 7) is 1.94. The number of hydrogen-bond donors (Lipinski definition) is 1. The molecule has 1 N–H and O–H groups in total. The summed E-state index contributed by atoms with van der Waals surface area (Å²) >= 11 is 12.0. The molecule has 1 amide bonds. The van der Waals surface area contributed by atoms with E-state index in [2.05, 4.69) is 10.4 Å². The number of nitrogens with one attached hydrogen (secondary N) is 1. The van der Waals surface area contributed by atoms with Gasteiger partial charge in [-0.25, -0.2) is 0 Å². The van der Waals surface area contributed by atoms with Gasteiger partial charge in [0.15, 0.2) is 5.82 Å². The van der Waals surface area contributed by atoms with E-state index in [1.807, 2.05) is 0 Å². The molecule has 0 bridgehead atoms. The van der Waals surface area contributed by atoms with Crippen LogP contribution in [-0.2, 0) is 11.3 Å². The molecule has 1 heterocycles. The molecule has 18 heavy (non-hydrogen) atoms. The molecule has 0 spiro atoms. The fraction of sp³-hybridized carbons (Fsp3) is 0.167. The van der Waals surface area contributed by atoms with Gasteiger partial charge in [0.05, 0.1) is 6.54 Å². The molecule has 0 unspecified atom stereocenters. The second-order valence-corrected chi connectivity index (χ2v) is 4.66. The third-order valence-corrected chi connectivity index (χ3v) is 2.89. The number of aromatic nitrogens is 2. The lowest BCUT2D eigenvalue weighted by Gasteiger charge is -2.05. The third kappa shape index (κ3) is 3.24. The molecule has 0 aliphatic heterocycles. The number of amides is 1. The molecule has 0 fully saturated rings. The Hall–Kier alpha value is -1.52. The van der Waals surface area contributed by atoms with E-state index in [-0.39, 0.29) is 5.91 Å². The molecule has 2 rings (SSSR count). The van der Waals surface area contributed by atoms with Gasteiger partial charge < -0.3 is 5.32 Å². The van der Waals surface area contributed by atoms with Gasteiger partial charge in [0.2, 0.25) is 5.91 Å². The summed E-state index contributed by atoms with van der Waals surface area (Å²) in [5, 5.41) is 8.07. The maximum absolute atomic E-state index is 10.9. The fourth-order valence-corrected chi connectivity index (χ4v) is 1.91. The third-order valence-electron chi connectivity index (χ3n) is 2.28. The molecule has 4 nitrogen and oxygen atoms in total. The maximum Gasteiger partial charge on any atom is 0.222 e. The van der Waals surface area contributed by atoms with Gasteiger partial charge in [-0.3, -0.25) is 9.48 Å². The zero-order valence-corrected chi connectivity index (χ0v) is 11.2. The van der Waals surface area contributed by atoms with Crippen LogP contribution in [0.15, 0.2) is 30.5 Å². The van der Waals surface area contributed by atoms with E-state index in [4.69, 9.17) is 23.2 Å². The SMILES string of the molecule is CC(=O)Nc1ccn(Cc2cc(Cl)ccc2Cl)n1. The van der Waals surface area contributed by atoms with Crippen LogP contribution >= 0.6 is 23.2 Å². The predicted octanol–water partition coefficient (Wildman–Crippen LogP) is 3.20. The van der Waals surface area contributed by atoms with Crippen LogP contribution in [0.1, 0.15) is 12.5 Å². The number of anilines is 1. The zero-order valence-electron chi connectivity index (χ0n) is 9.65. The van der Waals surface area contributed by atoms with Crippen LogP contribution in [0.3, 0.4) is 0 Å². The highest BCUT2D eigenvalue weighted by Gasteiger charge is 2.05. The van der Waals surface area contributed by atoms with Crippen LogP contribution in [0.25, 0.3) is 0 Å². The predicted molar refractivity (Wildman–Crippen MR) is 72.1 cm³/mol. The minimum atomic E-state index is -0.152. The number of rotatable bonds is 3. The summed E-state index contributed by atoms with van der Waals surface area (Å²) in [5.74, 6) is 0.363. The molecule has 0 atom stereocenters. The summed E-state index contributed by atoms with van der Waals surface area (Å²) in [6.07, 6.45) is 1.77. The van der Waals surface area contributed by atoms with Gasteiger partial charge in [-0.2, -0.15) is 5.10 Å². The van der Waals surface area contributed by atoms with Crippen molar-refractivity contribution in [1.82, 2.24) is 9.78 Å². The molecule has 94 valence electrons. The Morgan fingerprint density at radius 3 is 2.89 bits per heavy atom. The van der Waals surface area contributed by atoms with E-state index in [1.54, 1.807) is 35.1 Å². The summed E-state index contributed by atoms with van der Waals surface area (Å²) in [5.41, 5.74) is 0.877. The largest absolute Gasteiger partial charge is 0.309 e. The molecule has 1 aromatic heterocycles. The molecule has 2 aromatic rings. The highest BCUT2D eigenvalue weighted by Crippen LogP contribution is 2.21. The summed E-state index contributed by atoms with van der Waals surface area (Å²) in [7, 11) is 0. The van der Waals surface area contributed by atoms with Gasteiger partial charge in [-0.05, 0) is 23.8 Å². The summed E-state index contributed by atoms with van der Waals surface area (Å²) in [4.78, 5) is 10.9. The van der Waals surface area contributed by atoms with Gasteiger partial charge in [-0.15, -0.1) is 0 Å². The first kappa shape index (κ1) is 12.9. The van der Waals surface area contributed by atoms with Crippen molar-refractivity contribution in [3.63, 3.8) is 0 Å². The Morgan fingerprint density at radius 1 is 1.39 bits per heavy atom. The lowest BCUT2D eigenvalue weighted by Crippen LogP contribution is -2.07. The molecule has 0 aliphatic carbocycles. The van der Waals surface area contributed by atoms with Crippen LogP contribution in [0.2, 0.25) is 10.0 Å². The quantitative estimate of drug-likeness (QED) is 0.940. The molecule has 0 radical (unpaired) electrons. The van der Waals surface area contributed by atoms with Crippen molar-refractivity contribution in [3.8, 4) is 0 Å². The molecule has 1 aromatic carbocycles. The number of halogens is 2. The summed E-state index contributed by atoms with van der Waals surface area (Å²) < 4.78 is 1.68. The second kappa shape index (κ2) is 5.42. The Kier molecular flexibility index (Phi) is 3.89. The van der Waals surface area contributed by atoms with Gasteiger partial charge in [0.1, 0.15) is 0 Å². The Morgan fingerprint density at radius 2 is 2.17 bits per heavy atom. The van der Waals surface area contributed by atoms with Crippen molar-refractivity contribution >= 4 is 34.9 Å². The van der Waals surface area contributed by atoms with Crippen molar-refractivity contribution in [1.29, 1.82) is 0 Å². The average molecular weight is 284 g/mol. The topological polar surface area (TPSA) is 46.9 Å². The lowest BCUT2D eigenvalue weighted by molar-refractivity contribution is -0.114. The van der Waals surface area contributed by atoms with E-state index in [9.17, 15) is 4.79 Å². The van der Waals surface area contributed by atoms with Crippen LogP contribution in [0.4, 0.5) is 5.82 Å². The molecule has 6 heteroatoms. The van der Waals surface area contributed by atoms with E-state index in [1.165, 1.54) is 6.92 Å². The second-order valence-electron chi connectivity index (χ2n) is 3.82. The van der Waals surface area contributed by atoms with Gasteiger partial charge in [-0.1, -0.05) is 23.2 Å².